The van der Waals surface area contributed by atoms with Crippen LogP contribution in [0.4, 0.5) is 25.0 Å². The van der Waals surface area contributed by atoms with Gasteiger partial charge in [0.05, 0.1) is 25.3 Å². The van der Waals surface area contributed by atoms with Crippen molar-refractivity contribution in [2.45, 2.75) is 33.6 Å². The van der Waals surface area contributed by atoms with E-state index in [1.54, 1.807) is 63.2 Å². The number of rotatable bonds is 9. The number of ether oxygens (including phenoxy) is 2. The van der Waals surface area contributed by atoms with Crippen LogP contribution in [-0.4, -0.2) is 30.4 Å². The number of hydrogen-bond donors (Lipinski definition) is 0. The van der Waals surface area contributed by atoms with Gasteiger partial charge in [0, 0.05) is 12.0 Å². The first kappa shape index (κ1) is 27.5. The number of carbonyl (C=O) groups excluding carboxylic acids is 2. The Morgan fingerprint density at radius 3 is 2.28 bits per heavy atom. The van der Waals surface area contributed by atoms with Gasteiger partial charge in [0.1, 0.15) is 23.0 Å². The summed E-state index contributed by atoms with van der Waals surface area (Å²) < 4.78 is 45.1. The molecule has 0 spiro atoms. The molecule has 0 unspecified atom stereocenters. The lowest BCUT2D eigenvalue weighted by molar-refractivity contribution is -0.142. The normalized spacial score (nSPS) is 10.8. The Hall–Kier alpha value is -4.53. The van der Waals surface area contributed by atoms with Crippen molar-refractivity contribution < 1.29 is 32.4 Å². The van der Waals surface area contributed by atoms with Crippen molar-refractivity contribution in [3.05, 3.63) is 101 Å². The number of halogens is 2. The fourth-order valence-corrected chi connectivity index (χ4v) is 4.19. The highest BCUT2D eigenvalue weighted by molar-refractivity contribution is 6.00. The van der Waals surface area contributed by atoms with Gasteiger partial charge in [-0.25, -0.2) is 18.5 Å². The molecule has 0 N–H and O–H groups in total. The first-order valence-corrected chi connectivity index (χ1v) is 12.5. The van der Waals surface area contributed by atoms with E-state index in [0.29, 0.717) is 22.4 Å². The van der Waals surface area contributed by atoms with E-state index in [1.807, 2.05) is 0 Å². The molecule has 0 aliphatic carbocycles. The van der Waals surface area contributed by atoms with Crippen LogP contribution in [0.25, 0.3) is 11.3 Å². The summed E-state index contributed by atoms with van der Waals surface area (Å²) in [6.07, 6.45) is -0.424. The van der Waals surface area contributed by atoms with Crippen LogP contribution in [0.15, 0.2) is 71.3 Å². The molecule has 0 bridgehead atoms. The number of aryl methyl sites for hydroxylation is 1. The maximum Gasteiger partial charge on any atom is 0.419 e. The topological polar surface area (TPSA) is 81.9 Å². The Labute approximate surface area is 224 Å². The van der Waals surface area contributed by atoms with E-state index in [1.165, 1.54) is 24.3 Å². The summed E-state index contributed by atoms with van der Waals surface area (Å²) in [7, 11) is 0. The average Bonchev–Trinajstić information content (AvgIpc) is 3.29. The molecule has 9 heteroatoms. The molecular formula is C30H28F2N2O5. The minimum atomic E-state index is -0.773. The van der Waals surface area contributed by atoms with Crippen LogP contribution in [0.5, 0.6) is 0 Å². The third-order valence-corrected chi connectivity index (χ3v) is 5.97. The molecular weight excluding hydrogens is 506 g/mol. The van der Waals surface area contributed by atoms with Crippen molar-refractivity contribution in [2.75, 3.05) is 18.1 Å². The zero-order chi connectivity index (χ0) is 27.9. The maximum absolute atomic E-state index is 14.8. The number of hydrogen-bond acceptors (Lipinski definition) is 6. The van der Waals surface area contributed by atoms with Crippen LogP contribution in [0, 0.1) is 18.6 Å². The van der Waals surface area contributed by atoms with Crippen molar-refractivity contribution in [1.29, 1.82) is 0 Å². The van der Waals surface area contributed by atoms with Crippen LogP contribution >= 0.6 is 0 Å². The number of esters is 1. The predicted molar refractivity (Wildman–Crippen MR) is 142 cm³/mol. The molecule has 0 aliphatic heterocycles. The van der Waals surface area contributed by atoms with E-state index in [2.05, 4.69) is 5.16 Å². The summed E-state index contributed by atoms with van der Waals surface area (Å²) in [5.74, 6) is -1.11. The van der Waals surface area contributed by atoms with Gasteiger partial charge >= 0.3 is 12.1 Å². The molecule has 1 heterocycles. The summed E-state index contributed by atoms with van der Waals surface area (Å²) in [4.78, 5) is 25.9. The van der Waals surface area contributed by atoms with E-state index in [0.717, 1.165) is 10.5 Å². The number of para-hydroxylation sites is 1. The van der Waals surface area contributed by atoms with Gasteiger partial charge in [-0.05, 0) is 55.7 Å². The van der Waals surface area contributed by atoms with Gasteiger partial charge in [-0.1, -0.05) is 53.7 Å². The molecule has 0 saturated heterocycles. The lowest BCUT2D eigenvalue weighted by Gasteiger charge is -2.22. The van der Waals surface area contributed by atoms with Gasteiger partial charge < -0.3 is 14.0 Å². The SMILES string of the molecule is CCOC(=O)Cc1ccc(F)c(Cc2ccc(-c3onc(C)c3N(C(=O)OCC)c3ccccc3F)cc2)c1. The third-order valence-electron chi connectivity index (χ3n) is 5.97. The van der Waals surface area contributed by atoms with Crippen molar-refractivity contribution >= 4 is 23.4 Å². The largest absolute Gasteiger partial charge is 0.466 e. The molecule has 0 saturated carbocycles. The van der Waals surface area contributed by atoms with Crippen molar-refractivity contribution in [3.8, 4) is 11.3 Å². The van der Waals surface area contributed by atoms with Gasteiger partial charge in [0.15, 0.2) is 5.76 Å². The molecule has 7 nitrogen and oxygen atoms in total. The number of nitrogens with zero attached hydrogens (tertiary/aromatic N) is 2. The molecule has 3 aromatic carbocycles. The molecule has 4 aromatic rings. The number of aromatic nitrogens is 1. The minimum Gasteiger partial charge on any atom is -0.466 e. The Morgan fingerprint density at radius 2 is 1.59 bits per heavy atom. The van der Waals surface area contributed by atoms with Gasteiger partial charge in [-0.2, -0.15) is 0 Å². The summed E-state index contributed by atoms with van der Waals surface area (Å²) in [5.41, 5.74) is 3.11. The van der Waals surface area contributed by atoms with Crippen LogP contribution < -0.4 is 4.90 Å². The Bertz CT molecular complexity index is 1470. The van der Waals surface area contributed by atoms with E-state index < -0.39 is 11.9 Å². The molecule has 1 amide bonds. The molecule has 202 valence electrons. The van der Waals surface area contributed by atoms with Crippen molar-refractivity contribution in [1.82, 2.24) is 5.16 Å². The first-order chi connectivity index (χ1) is 18.8. The highest BCUT2D eigenvalue weighted by Gasteiger charge is 2.30. The van der Waals surface area contributed by atoms with Crippen LogP contribution in [0.1, 0.15) is 36.2 Å². The van der Waals surface area contributed by atoms with Crippen LogP contribution in [-0.2, 0) is 27.1 Å². The Morgan fingerprint density at radius 1 is 0.897 bits per heavy atom. The second-order valence-electron chi connectivity index (χ2n) is 8.71. The Kier molecular flexibility index (Phi) is 8.70. The first-order valence-electron chi connectivity index (χ1n) is 12.5. The van der Waals surface area contributed by atoms with Gasteiger partial charge in [-0.3, -0.25) is 4.79 Å². The third kappa shape index (κ3) is 6.31. The molecule has 0 atom stereocenters. The van der Waals surface area contributed by atoms with E-state index in [4.69, 9.17) is 14.0 Å². The summed E-state index contributed by atoms with van der Waals surface area (Å²) in [6, 6.07) is 17.5. The van der Waals surface area contributed by atoms with Crippen LogP contribution in [0.2, 0.25) is 0 Å². The molecule has 0 radical (unpaired) electrons. The second kappa shape index (κ2) is 12.3. The van der Waals surface area contributed by atoms with E-state index in [-0.39, 0.29) is 55.0 Å². The fraction of sp³-hybridized carbons (Fsp3) is 0.233. The molecule has 0 fully saturated rings. The standard InChI is InChI=1S/C30H28F2N2O5/c1-4-37-27(35)18-21-12-15-24(31)23(17-21)16-20-10-13-22(14-11-20)29-28(19(3)33-39-29)34(30(36)38-5-2)26-9-7-6-8-25(26)32/h6-15,17H,4-5,16,18H2,1-3H3. The lowest BCUT2D eigenvalue weighted by atomic mass is 9.99. The molecule has 0 aliphatic rings. The zero-order valence-electron chi connectivity index (χ0n) is 21.9. The van der Waals surface area contributed by atoms with E-state index in [9.17, 15) is 18.4 Å². The fourth-order valence-electron chi connectivity index (χ4n) is 4.19. The monoisotopic (exact) mass is 534 g/mol. The predicted octanol–water partition coefficient (Wildman–Crippen LogP) is 6.92. The van der Waals surface area contributed by atoms with Crippen LogP contribution in [0.3, 0.4) is 0 Å². The highest BCUT2D eigenvalue weighted by atomic mass is 19.1. The highest BCUT2D eigenvalue weighted by Crippen LogP contribution is 2.39. The quantitative estimate of drug-likeness (QED) is 0.217. The molecule has 1 aromatic heterocycles. The Balaban J connectivity index is 1.64. The lowest BCUT2D eigenvalue weighted by Crippen LogP contribution is -2.28. The number of amides is 1. The number of benzene rings is 3. The summed E-state index contributed by atoms with van der Waals surface area (Å²) >= 11 is 0. The van der Waals surface area contributed by atoms with Crippen molar-refractivity contribution in [2.24, 2.45) is 0 Å². The smallest absolute Gasteiger partial charge is 0.419 e. The minimum absolute atomic E-state index is 0.00158. The molecule has 39 heavy (non-hydrogen) atoms. The van der Waals surface area contributed by atoms with Gasteiger partial charge in [-0.15, -0.1) is 0 Å². The summed E-state index contributed by atoms with van der Waals surface area (Å²) in [5, 5.41) is 4.03. The molecule has 4 rings (SSSR count). The van der Waals surface area contributed by atoms with Gasteiger partial charge in [0.2, 0.25) is 0 Å². The van der Waals surface area contributed by atoms with Crippen molar-refractivity contribution in [3.63, 3.8) is 0 Å². The average molecular weight is 535 g/mol. The van der Waals surface area contributed by atoms with Gasteiger partial charge in [0.25, 0.3) is 0 Å². The van der Waals surface area contributed by atoms with E-state index >= 15 is 0 Å². The second-order valence-corrected chi connectivity index (χ2v) is 8.71. The number of carbonyl (C=O) groups is 2. The number of anilines is 2. The maximum atomic E-state index is 14.8. The zero-order valence-corrected chi connectivity index (χ0v) is 21.9. The summed E-state index contributed by atoms with van der Waals surface area (Å²) in [6.45, 7) is 5.41.